The zero-order chi connectivity index (χ0) is 17.4. The van der Waals surface area contributed by atoms with Crippen molar-refractivity contribution in [3.05, 3.63) is 0 Å². The second kappa shape index (κ2) is 9.50. The van der Waals surface area contributed by atoms with Gasteiger partial charge in [0.15, 0.2) is 0 Å². The Morgan fingerprint density at radius 1 is 1.13 bits per heavy atom. The normalized spacial score (nSPS) is 18.6. The molecule has 1 saturated heterocycles. The first-order valence-electron chi connectivity index (χ1n) is 8.36. The molecule has 1 rings (SSSR count). The molecule has 2 atom stereocenters. The molecule has 0 aliphatic carbocycles. The monoisotopic (exact) mass is 327 g/mol. The van der Waals surface area contributed by atoms with Gasteiger partial charge in [0, 0.05) is 20.0 Å². The highest BCUT2D eigenvalue weighted by atomic mass is 16.4. The molecule has 0 bridgehead atoms. The zero-order valence-corrected chi connectivity index (χ0v) is 14.4. The van der Waals surface area contributed by atoms with Gasteiger partial charge in [-0.2, -0.15) is 0 Å². The molecule has 0 aromatic rings. The molecule has 0 aromatic carbocycles. The van der Waals surface area contributed by atoms with Gasteiger partial charge in [0.25, 0.3) is 0 Å². The van der Waals surface area contributed by atoms with Crippen LogP contribution in [0.2, 0.25) is 0 Å². The number of likely N-dealkylation sites (tertiary alicyclic amines) is 1. The minimum absolute atomic E-state index is 0.188. The van der Waals surface area contributed by atoms with Gasteiger partial charge in [-0.25, -0.2) is 4.79 Å². The Bertz CT molecular complexity index is 420. The summed E-state index contributed by atoms with van der Waals surface area (Å²) in [4.78, 5) is 38.6. The third-order valence-corrected chi connectivity index (χ3v) is 4.38. The third kappa shape index (κ3) is 6.17. The molecule has 23 heavy (non-hydrogen) atoms. The highest BCUT2D eigenvalue weighted by Gasteiger charge is 2.31. The number of hydrogen-bond acceptors (Lipinski definition) is 4. The maximum Gasteiger partial charge on any atom is 0.326 e. The third-order valence-electron chi connectivity index (χ3n) is 4.38. The van der Waals surface area contributed by atoms with E-state index >= 15 is 0 Å². The van der Waals surface area contributed by atoms with Crippen molar-refractivity contribution in [2.24, 2.45) is 0 Å². The van der Waals surface area contributed by atoms with E-state index in [4.69, 9.17) is 0 Å². The molecule has 1 fully saturated rings. The Hall–Kier alpha value is -1.63. The van der Waals surface area contributed by atoms with E-state index in [1.54, 1.807) is 0 Å². The van der Waals surface area contributed by atoms with Crippen LogP contribution < -0.4 is 5.32 Å². The van der Waals surface area contributed by atoms with E-state index in [0.29, 0.717) is 0 Å². The number of rotatable bonds is 7. The highest BCUT2D eigenvalue weighted by molar-refractivity contribution is 5.86. The maximum atomic E-state index is 12.8. The van der Waals surface area contributed by atoms with E-state index in [9.17, 15) is 19.5 Å². The lowest BCUT2D eigenvalue weighted by atomic mass is 10.2. The fourth-order valence-corrected chi connectivity index (χ4v) is 2.86. The molecular formula is C16H29N3O4. The van der Waals surface area contributed by atoms with Gasteiger partial charge in [0.05, 0.1) is 6.04 Å². The van der Waals surface area contributed by atoms with Gasteiger partial charge in [-0.15, -0.1) is 0 Å². The van der Waals surface area contributed by atoms with Crippen LogP contribution in [-0.2, 0) is 14.4 Å². The average molecular weight is 327 g/mol. The van der Waals surface area contributed by atoms with Gasteiger partial charge in [-0.3, -0.25) is 14.5 Å². The molecule has 2 N–H and O–H groups in total. The second-order valence-corrected chi connectivity index (χ2v) is 6.15. The lowest BCUT2D eigenvalue weighted by Gasteiger charge is -2.34. The molecule has 7 nitrogen and oxygen atoms in total. The topological polar surface area (TPSA) is 90.0 Å². The molecule has 0 saturated carbocycles. The molecule has 0 spiro atoms. The van der Waals surface area contributed by atoms with Crippen molar-refractivity contribution in [2.45, 2.75) is 58.5 Å². The maximum absolute atomic E-state index is 12.8. The number of amides is 2. The lowest BCUT2D eigenvalue weighted by molar-refractivity contribution is -0.151. The van der Waals surface area contributed by atoms with Gasteiger partial charge in [-0.05, 0) is 39.8 Å². The summed E-state index contributed by atoms with van der Waals surface area (Å²) >= 11 is 0. The van der Waals surface area contributed by atoms with Gasteiger partial charge >= 0.3 is 5.97 Å². The van der Waals surface area contributed by atoms with E-state index < -0.39 is 12.0 Å². The van der Waals surface area contributed by atoms with Gasteiger partial charge in [0.2, 0.25) is 11.8 Å². The molecule has 2 amide bonds. The van der Waals surface area contributed by atoms with Crippen molar-refractivity contribution in [3.63, 3.8) is 0 Å². The number of carboxylic acid groups (broad SMARTS) is 1. The quantitative estimate of drug-likeness (QED) is 0.718. The number of nitrogens with one attached hydrogen (secondary N) is 1. The molecule has 0 radical (unpaired) electrons. The molecule has 2 unspecified atom stereocenters. The van der Waals surface area contributed by atoms with Gasteiger partial charge in [-0.1, -0.05) is 12.8 Å². The summed E-state index contributed by atoms with van der Waals surface area (Å²) in [5.74, 6) is -1.42. The Kier molecular flexibility index (Phi) is 8.02. The lowest BCUT2D eigenvalue weighted by Crippen LogP contribution is -2.54. The molecule has 1 aliphatic rings. The van der Waals surface area contributed by atoms with Crippen LogP contribution in [0.15, 0.2) is 0 Å². The first kappa shape index (κ1) is 19.4. The summed E-state index contributed by atoms with van der Waals surface area (Å²) in [6, 6.07) is -1.25. The van der Waals surface area contributed by atoms with Crippen molar-refractivity contribution >= 4 is 17.8 Å². The number of carbonyl (C=O) groups excluding carboxylic acids is 2. The molecule has 132 valence electrons. The van der Waals surface area contributed by atoms with Crippen molar-refractivity contribution in [1.29, 1.82) is 0 Å². The fourth-order valence-electron chi connectivity index (χ4n) is 2.86. The zero-order valence-electron chi connectivity index (χ0n) is 14.4. The van der Waals surface area contributed by atoms with Crippen molar-refractivity contribution < 1.29 is 19.5 Å². The highest BCUT2D eigenvalue weighted by Crippen LogP contribution is 2.15. The Balaban J connectivity index is 2.75. The predicted octanol–water partition coefficient (Wildman–Crippen LogP) is 0.689. The molecule has 0 aromatic heterocycles. The van der Waals surface area contributed by atoms with Crippen LogP contribution in [0.3, 0.4) is 0 Å². The summed E-state index contributed by atoms with van der Waals surface area (Å²) in [5.41, 5.74) is 0. The molecule has 7 heteroatoms. The van der Waals surface area contributed by atoms with Crippen LogP contribution in [0, 0.1) is 0 Å². The second-order valence-electron chi connectivity index (χ2n) is 6.15. The number of aliphatic carboxylic acids is 1. The van der Waals surface area contributed by atoms with Crippen molar-refractivity contribution in [1.82, 2.24) is 15.1 Å². The van der Waals surface area contributed by atoms with Crippen LogP contribution >= 0.6 is 0 Å². The predicted molar refractivity (Wildman–Crippen MR) is 87.0 cm³/mol. The average Bonchev–Trinajstić information content (AvgIpc) is 2.78. The smallest absolute Gasteiger partial charge is 0.326 e. The van der Waals surface area contributed by atoms with Gasteiger partial charge in [0.1, 0.15) is 6.04 Å². The van der Waals surface area contributed by atoms with Crippen LogP contribution in [0.1, 0.15) is 46.5 Å². The molecular weight excluding hydrogens is 298 g/mol. The molecule has 1 aliphatic heterocycles. The summed E-state index contributed by atoms with van der Waals surface area (Å²) in [6.07, 6.45) is 4.49. The SMILES string of the molecule is CC(=O)NCCN(C(=O)C(C)N1CCCCCC1)C(C)C(=O)O. The minimum Gasteiger partial charge on any atom is -0.480 e. The van der Waals surface area contributed by atoms with E-state index in [0.717, 1.165) is 25.9 Å². The Morgan fingerprint density at radius 3 is 2.17 bits per heavy atom. The minimum atomic E-state index is -1.04. The number of carbonyl (C=O) groups is 3. The summed E-state index contributed by atoms with van der Waals surface area (Å²) in [7, 11) is 0. The van der Waals surface area contributed by atoms with Gasteiger partial charge < -0.3 is 15.3 Å². The standard InChI is InChI=1S/C16H29N3O4/c1-12(18-9-6-4-5-7-10-18)15(21)19(13(2)16(22)23)11-8-17-14(3)20/h12-13H,4-11H2,1-3H3,(H,17,20)(H,22,23). The first-order chi connectivity index (χ1) is 10.8. The van der Waals surface area contributed by atoms with Crippen molar-refractivity contribution in [3.8, 4) is 0 Å². The van der Waals surface area contributed by atoms with E-state index in [-0.39, 0.29) is 30.9 Å². The number of nitrogens with zero attached hydrogens (tertiary/aromatic N) is 2. The Labute approximate surface area is 138 Å². The summed E-state index contributed by atoms with van der Waals surface area (Å²) in [5, 5.41) is 11.9. The van der Waals surface area contributed by atoms with E-state index in [1.807, 2.05) is 6.92 Å². The van der Waals surface area contributed by atoms with Crippen LogP contribution in [0.25, 0.3) is 0 Å². The van der Waals surface area contributed by atoms with E-state index in [1.165, 1.54) is 31.6 Å². The van der Waals surface area contributed by atoms with Crippen LogP contribution in [-0.4, -0.2) is 71.0 Å². The Morgan fingerprint density at radius 2 is 1.70 bits per heavy atom. The largest absolute Gasteiger partial charge is 0.480 e. The van der Waals surface area contributed by atoms with Crippen molar-refractivity contribution in [2.75, 3.05) is 26.2 Å². The first-order valence-corrected chi connectivity index (χ1v) is 8.36. The summed E-state index contributed by atoms with van der Waals surface area (Å²) < 4.78 is 0. The number of hydrogen-bond donors (Lipinski definition) is 2. The molecule has 1 heterocycles. The summed E-state index contributed by atoms with van der Waals surface area (Å²) in [6.45, 7) is 6.93. The fraction of sp³-hybridized carbons (Fsp3) is 0.812. The van der Waals surface area contributed by atoms with Crippen LogP contribution in [0.5, 0.6) is 0 Å². The van der Waals surface area contributed by atoms with E-state index in [2.05, 4.69) is 10.2 Å². The van der Waals surface area contributed by atoms with Crippen LogP contribution in [0.4, 0.5) is 0 Å². The number of carboxylic acids is 1.